The molecule has 126 valence electrons. The molecule has 1 aromatic heterocycles. The van der Waals surface area contributed by atoms with E-state index in [0.717, 1.165) is 26.1 Å². The summed E-state index contributed by atoms with van der Waals surface area (Å²) in [6.45, 7) is 3.35. The maximum absolute atomic E-state index is 13.4. The normalized spacial score (nSPS) is 23.7. The highest BCUT2D eigenvalue weighted by molar-refractivity contribution is 5.94. The standard InChI is InChI=1S/C18H21FN4O/c1-21-8-14(7-20-21)11-22-9-13-5-17(22)12-23(10-13)18(24)15-3-2-4-16(19)6-15/h2-4,6-8,13,17H,5,9-12H2,1H3. The van der Waals surface area contributed by atoms with Gasteiger partial charge in [0.25, 0.3) is 5.91 Å². The van der Waals surface area contributed by atoms with Gasteiger partial charge >= 0.3 is 0 Å². The van der Waals surface area contributed by atoms with Crippen molar-refractivity contribution in [3.63, 3.8) is 0 Å². The van der Waals surface area contributed by atoms with Crippen LogP contribution in [0.5, 0.6) is 0 Å². The molecular weight excluding hydrogens is 307 g/mol. The second kappa shape index (κ2) is 6.02. The van der Waals surface area contributed by atoms with Crippen LogP contribution in [0.4, 0.5) is 4.39 Å². The van der Waals surface area contributed by atoms with Crippen LogP contribution in [0.2, 0.25) is 0 Å². The fourth-order valence-corrected chi connectivity index (χ4v) is 4.00. The van der Waals surface area contributed by atoms with Gasteiger partial charge < -0.3 is 4.90 Å². The van der Waals surface area contributed by atoms with E-state index in [-0.39, 0.29) is 11.7 Å². The molecule has 1 amide bonds. The Morgan fingerprint density at radius 1 is 1.33 bits per heavy atom. The molecule has 2 aliphatic heterocycles. The highest BCUT2D eigenvalue weighted by Gasteiger charge is 2.40. The number of aromatic nitrogens is 2. The molecule has 2 aliphatic rings. The van der Waals surface area contributed by atoms with E-state index < -0.39 is 0 Å². The van der Waals surface area contributed by atoms with Crippen molar-refractivity contribution in [3.8, 4) is 0 Å². The van der Waals surface area contributed by atoms with Gasteiger partial charge in [-0.3, -0.25) is 14.4 Å². The molecule has 4 rings (SSSR count). The maximum Gasteiger partial charge on any atom is 0.254 e. The van der Waals surface area contributed by atoms with Gasteiger partial charge in [-0.25, -0.2) is 4.39 Å². The van der Waals surface area contributed by atoms with Crippen LogP contribution in [0.25, 0.3) is 0 Å². The first-order valence-corrected chi connectivity index (χ1v) is 8.35. The lowest BCUT2D eigenvalue weighted by Crippen LogP contribution is -2.45. The minimum Gasteiger partial charge on any atom is -0.337 e. The molecule has 2 aromatic rings. The molecule has 0 N–H and O–H groups in total. The number of likely N-dealkylation sites (tertiary alicyclic amines) is 2. The van der Waals surface area contributed by atoms with E-state index in [1.165, 1.54) is 17.7 Å². The van der Waals surface area contributed by atoms with Crippen molar-refractivity contribution in [1.29, 1.82) is 0 Å². The fraction of sp³-hybridized carbons (Fsp3) is 0.444. The lowest BCUT2D eigenvalue weighted by molar-refractivity contribution is 0.0667. The number of fused-ring (bicyclic) bond motifs is 2. The third kappa shape index (κ3) is 2.94. The summed E-state index contributed by atoms with van der Waals surface area (Å²) >= 11 is 0. The predicted octanol–water partition coefficient (Wildman–Crippen LogP) is 1.91. The molecule has 6 heteroatoms. The van der Waals surface area contributed by atoms with Crippen molar-refractivity contribution in [3.05, 3.63) is 53.6 Å². The Balaban J connectivity index is 1.45. The van der Waals surface area contributed by atoms with E-state index in [9.17, 15) is 9.18 Å². The highest BCUT2D eigenvalue weighted by Crippen LogP contribution is 2.31. The zero-order chi connectivity index (χ0) is 16.7. The second-order valence-electron chi connectivity index (χ2n) is 6.93. The topological polar surface area (TPSA) is 41.4 Å². The van der Waals surface area contributed by atoms with Crippen molar-refractivity contribution in [1.82, 2.24) is 19.6 Å². The molecule has 2 bridgehead atoms. The summed E-state index contributed by atoms with van der Waals surface area (Å²) in [5.41, 5.74) is 1.64. The minimum absolute atomic E-state index is 0.0626. The number of aryl methyl sites for hydroxylation is 1. The van der Waals surface area contributed by atoms with Gasteiger partial charge in [0.15, 0.2) is 0 Å². The Bertz CT molecular complexity index is 759. The highest BCUT2D eigenvalue weighted by atomic mass is 19.1. The number of carbonyl (C=O) groups is 1. The van der Waals surface area contributed by atoms with Gasteiger partial charge in [-0.15, -0.1) is 0 Å². The lowest BCUT2D eigenvalue weighted by Gasteiger charge is -2.33. The van der Waals surface area contributed by atoms with Gasteiger partial charge in [0, 0.05) is 56.6 Å². The zero-order valence-corrected chi connectivity index (χ0v) is 13.7. The average molecular weight is 328 g/mol. The van der Waals surface area contributed by atoms with Crippen LogP contribution in [0.3, 0.4) is 0 Å². The SMILES string of the molecule is Cn1cc(CN2CC3CC2CN(C(=O)c2cccc(F)c2)C3)cn1. The molecule has 5 nitrogen and oxygen atoms in total. The lowest BCUT2D eigenvalue weighted by atomic mass is 9.99. The third-order valence-corrected chi connectivity index (χ3v) is 5.03. The first-order valence-electron chi connectivity index (χ1n) is 8.35. The Morgan fingerprint density at radius 3 is 2.96 bits per heavy atom. The summed E-state index contributed by atoms with van der Waals surface area (Å²) in [5, 5.41) is 4.23. The fourth-order valence-electron chi connectivity index (χ4n) is 4.00. The predicted molar refractivity (Wildman–Crippen MR) is 87.8 cm³/mol. The van der Waals surface area contributed by atoms with Crippen molar-refractivity contribution < 1.29 is 9.18 Å². The van der Waals surface area contributed by atoms with Crippen LogP contribution >= 0.6 is 0 Å². The van der Waals surface area contributed by atoms with E-state index in [0.29, 0.717) is 24.1 Å². The molecule has 2 unspecified atom stereocenters. The molecule has 24 heavy (non-hydrogen) atoms. The zero-order valence-electron chi connectivity index (χ0n) is 13.7. The van der Waals surface area contributed by atoms with Crippen LogP contribution in [-0.2, 0) is 13.6 Å². The molecule has 2 saturated heterocycles. The molecule has 0 spiro atoms. The second-order valence-corrected chi connectivity index (χ2v) is 6.93. The Labute approximate surface area is 140 Å². The molecule has 3 heterocycles. The summed E-state index contributed by atoms with van der Waals surface area (Å²) in [5.74, 6) is 0.0735. The number of nitrogens with zero attached hydrogens (tertiary/aromatic N) is 4. The van der Waals surface area contributed by atoms with Crippen molar-refractivity contribution in [2.45, 2.75) is 19.0 Å². The number of halogens is 1. The molecule has 2 fully saturated rings. The van der Waals surface area contributed by atoms with E-state index in [4.69, 9.17) is 0 Å². The summed E-state index contributed by atoms with van der Waals surface area (Å²) in [4.78, 5) is 17.0. The molecule has 1 aromatic carbocycles. The van der Waals surface area contributed by atoms with Gasteiger partial charge in [-0.2, -0.15) is 5.10 Å². The third-order valence-electron chi connectivity index (χ3n) is 5.03. The van der Waals surface area contributed by atoms with Crippen LogP contribution < -0.4 is 0 Å². The first kappa shape index (κ1) is 15.3. The molecule has 0 saturated carbocycles. The number of amides is 1. The summed E-state index contributed by atoms with van der Waals surface area (Å²) in [7, 11) is 1.92. The van der Waals surface area contributed by atoms with Crippen molar-refractivity contribution in [2.75, 3.05) is 19.6 Å². The molecule has 0 aliphatic carbocycles. The van der Waals surface area contributed by atoms with Crippen LogP contribution in [0.1, 0.15) is 22.3 Å². The average Bonchev–Trinajstić information content (AvgIpc) is 3.09. The van der Waals surface area contributed by atoms with Crippen LogP contribution in [0, 0.1) is 11.7 Å². The minimum atomic E-state index is -0.362. The number of hydrogen-bond acceptors (Lipinski definition) is 3. The Morgan fingerprint density at radius 2 is 2.21 bits per heavy atom. The van der Waals surface area contributed by atoms with Crippen molar-refractivity contribution >= 4 is 5.91 Å². The van der Waals surface area contributed by atoms with Crippen molar-refractivity contribution in [2.24, 2.45) is 13.0 Å². The first-order chi connectivity index (χ1) is 11.6. The Kier molecular flexibility index (Phi) is 3.84. The molecule has 2 atom stereocenters. The quantitative estimate of drug-likeness (QED) is 0.864. The monoisotopic (exact) mass is 328 g/mol. The van der Waals surface area contributed by atoms with Gasteiger partial charge in [0.1, 0.15) is 5.82 Å². The Hall–Kier alpha value is -2.21. The van der Waals surface area contributed by atoms with Gasteiger partial charge in [-0.05, 0) is 30.5 Å². The summed E-state index contributed by atoms with van der Waals surface area (Å²) < 4.78 is 15.2. The number of benzene rings is 1. The number of carbonyl (C=O) groups excluding carboxylic acids is 1. The van der Waals surface area contributed by atoms with E-state index >= 15 is 0 Å². The number of rotatable bonds is 3. The summed E-state index contributed by atoms with van der Waals surface area (Å²) in [6.07, 6.45) is 5.07. The smallest absolute Gasteiger partial charge is 0.254 e. The van der Waals surface area contributed by atoms with E-state index in [1.807, 2.05) is 29.0 Å². The van der Waals surface area contributed by atoms with Gasteiger partial charge in [-0.1, -0.05) is 6.07 Å². The number of hydrogen-bond donors (Lipinski definition) is 0. The summed E-state index contributed by atoms with van der Waals surface area (Å²) in [6, 6.07) is 6.35. The largest absolute Gasteiger partial charge is 0.337 e. The van der Waals surface area contributed by atoms with Gasteiger partial charge in [0.2, 0.25) is 0 Å². The van der Waals surface area contributed by atoms with Gasteiger partial charge in [0.05, 0.1) is 6.20 Å². The number of piperidine rings is 1. The molecule has 0 radical (unpaired) electrons. The van der Waals surface area contributed by atoms with E-state index in [2.05, 4.69) is 10.00 Å². The molecular formula is C18H21FN4O. The van der Waals surface area contributed by atoms with Crippen LogP contribution in [-0.4, -0.2) is 51.2 Å². The maximum atomic E-state index is 13.4. The van der Waals surface area contributed by atoms with E-state index in [1.54, 1.807) is 12.1 Å². The van der Waals surface area contributed by atoms with Crippen LogP contribution in [0.15, 0.2) is 36.7 Å².